The van der Waals surface area contributed by atoms with Gasteiger partial charge < -0.3 is 34.0 Å². The van der Waals surface area contributed by atoms with E-state index in [9.17, 15) is 10.1 Å². The molecule has 0 aliphatic carbocycles. The summed E-state index contributed by atoms with van der Waals surface area (Å²) in [4.78, 5) is 14.0. The van der Waals surface area contributed by atoms with Gasteiger partial charge in [-0.2, -0.15) is 5.26 Å². The minimum atomic E-state index is -0.856. The van der Waals surface area contributed by atoms with Gasteiger partial charge in [0.1, 0.15) is 23.1 Å². The van der Waals surface area contributed by atoms with Crippen molar-refractivity contribution >= 4 is 0 Å². The Kier molecular flexibility index (Phi) is 6.79. The summed E-state index contributed by atoms with van der Waals surface area (Å²) < 4.78 is 29.5. The summed E-state index contributed by atoms with van der Waals surface area (Å²) in [5.74, 6) is 1.12. The van der Waals surface area contributed by atoms with Gasteiger partial charge in [-0.1, -0.05) is 24.3 Å². The van der Waals surface area contributed by atoms with Crippen LogP contribution in [0, 0.1) is 18.3 Å². The van der Waals surface area contributed by atoms with Crippen LogP contribution in [0.15, 0.2) is 58.7 Å². The molecule has 3 aromatic rings. The number of aryl methyl sites for hydroxylation is 1. The zero-order valence-corrected chi connectivity index (χ0v) is 20.7. The first-order valence-electron chi connectivity index (χ1n) is 11.1. The van der Waals surface area contributed by atoms with E-state index in [1.165, 1.54) is 21.3 Å². The number of benzene rings is 2. The van der Waals surface area contributed by atoms with Gasteiger partial charge in [-0.15, -0.1) is 0 Å². The quantitative estimate of drug-likeness (QED) is 0.536. The highest BCUT2D eigenvalue weighted by Crippen LogP contribution is 2.49. The number of para-hydroxylation sites is 1. The van der Waals surface area contributed by atoms with Gasteiger partial charge in [0.2, 0.25) is 11.6 Å². The van der Waals surface area contributed by atoms with E-state index in [0.717, 1.165) is 5.56 Å². The molecule has 186 valence electrons. The summed E-state index contributed by atoms with van der Waals surface area (Å²) in [5, 5.41) is 10.0. The normalized spacial score (nSPS) is 14.4. The number of rotatable bonds is 7. The fourth-order valence-corrected chi connectivity index (χ4v) is 4.55. The molecule has 9 nitrogen and oxygen atoms in total. The Morgan fingerprint density at radius 3 is 2.33 bits per heavy atom. The minimum absolute atomic E-state index is 0.0758. The van der Waals surface area contributed by atoms with Crippen LogP contribution in [0.1, 0.15) is 28.3 Å². The van der Waals surface area contributed by atoms with E-state index in [1.54, 1.807) is 29.9 Å². The average molecular weight is 490 g/mol. The third kappa shape index (κ3) is 3.96. The van der Waals surface area contributed by atoms with Crippen LogP contribution < -0.4 is 35.0 Å². The Bertz CT molecular complexity index is 1450. The van der Waals surface area contributed by atoms with Crippen LogP contribution in [-0.4, -0.2) is 33.0 Å². The molecular formula is C27H27N3O6. The molecule has 36 heavy (non-hydrogen) atoms. The Hall–Kier alpha value is -4.58. The second-order valence-electron chi connectivity index (χ2n) is 8.12. The molecule has 0 radical (unpaired) electrons. The van der Waals surface area contributed by atoms with E-state index in [4.69, 9.17) is 29.4 Å². The van der Waals surface area contributed by atoms with Crippen molar-refractivity contribution in [3.05, 3.63) is 86.7 Å². The number of hydrogen-bond acceptors (Lipinski definition) is 8. The predicted octanol–water partition coefficient (Wildman–Crippen LogP) is 3.46. The number of ether oxygens (including phenoxy) is 5. The molecule has 1 aliphatic heterocycles. The lowest BCUT2D eigenvalue weighted by Gasteiger charge is -2.29. The Morgan fingerprint density at radius 2 is 1.69 bits per heavy atom. The van der Waals surface area contributed by atoms with E-state index >= 15 is 0 Å². The average Bonchev–Trinajstić information content (AvgIpc) is 2.89. The SMILES string of the molecule is COc1ccccc1Cn1c(C)cc2c(c1=O)[C@H](c1ccc(OC)c(OC)c1OC)C(C#N)=C(N)O2. The van der Waals surface area contributed by atoms with Crippen LogP contribution in [0.4, 0.5) is 0 Å². The number of nitrogens with two attached hydrogens (primary N) is 1. The first-order chi connectivity index (χ1) is 17.4. The summed E-state index contributed by atoms with van der Waals surface area (Å²) in [7, 11) is 6.07. The second-order valence-corrected chi connectivity index (χ2v) is 8.12. The Labute approximate surface area is 208 Å². The zero-order valence-electron chi connectivity index (χ0n) is 20.7. The number of nitrogens with zero attached hydrogens (tertiary/aromatic N) is 2. The molecule has 0 bridgehead atoms. The van der Waals surface area contributed by atoms with Gasteiger partial charge in [-0.25, -0.2) is 0 Å². The van der Waals surface area contributed by atoms with Gasteiger partial charge in [0.25, 0.3) is 5.56 Å². The van der Waals surface area contributed by atoms with Gasteiger partial charge in [0, 0.05) is 22.9 Å². The number of aromatic nitrogens is 1. The summed E-state index contributed by atoms with van der Waals surface area (Å²) in [6, 6.07) is 14.8. The van der Waals surface area contributed by atoms with Crippen LogP contribution in [0.2, 0.25) is 0 Å². The van der Waals surface area contributed by atoms with Crippen molar-refractivity contribution in [2.75, 3.05) is 28.4 Å². The highest BCUT2D eigenvalue weighted by molar-refractivity contribution is 5.64. The molecule has 0 saturated heterocycles. The van der Waals surface area contributed by atoms with Crippen molar-refractivity contribution in [3.8, 4) is 34.8 Å². The molecule has 0 fully saturated rings. The smallest absolute Gasteiger partial charge is 0.259 e. The van der Waals surface area contributed by atoms with Crippen molar-refractivity contribution in [1.82, 2.24) is 4.57 Å². The van der Waals surface area contributed by atoms with E-state index in [0.29, 0.717) is 34.3 Å². The Balaban J connectivity index is 1.99. The molecule has 2 N–H and O–H groups in total. The molecule has 4 rings (SSSR count). The standard InChI is InChI=1S/C27H27N3O6/c1-15-12-21-23(27(31)30(15)14-16-8-6-7-9-19(16)32-2)22(18(13-28)26(29)36-21)17-10-11-20(33-3)25(35-5)24(17)34-4/h6-12,22H,14,29H2,1-5H3/t22-/m1/s1. The van der Waals surface area contributed by atoms with Crippen molar-refractivity contribution < 1.29 is 23.7 Å². The maximum atomic E-state index is 14.0. The molecule has 0 amide bonds. The number of nitriles is 1. The highest BCUT2D eigenvalue weighted by atomic mass is 16.5. The third-order valence-corrected chi connectivity index (χ3v) is 6.26. The molecule has 1 aliphatic rings. The van der Waals surface area contributed by atoms with Crippen molar-refractivity contribution in [1.29, 1.82) is 5.26 Å². The molecule has 0 unspecified atom stereocenters. The predicted molar refractivity (Wildman–Crippen MR) is 133 cm³/mol. The fourth-order valence-electron chi connectivity index (χ4n) is 4.55. The van der Waals surface area contributed by atoms with E-state index in [2.05, 4.69) is 6.07 Å². The van der Waals surface area contributed by atoms with Crippen LogP contribution in [0.3, 0.4) is 0 Å². The van der Waals surface area contributed by atoms with E-state index in [1.807, 2.05) is 31.2 Å². The number of methoxy groups -OCH3 is 4. The summed E-state index contributed by atoms with van der Waals surface area (Å²) in [6.07, 6.45) is 0. The molecular weight excluding hydrogens is 462 g/mol. The summed E-state index contributed by atoms with van der Waals surface area (Å²) in [5.41, 5.74) is 8.22. The Morgan fingerprint density at radius 1 is 1.00 bits per heavy atom. The van der Waals surface area contributed by atoms with Gasteiger partial charge in [-0.05, 0) is 19.1 Å². The highest BCUT2D eigenvalue weighted by Gasteiger charge is 2.37. The van der Waals surface area contributed by atoms with Gasteiger partial charge >= 0.3 is 0 Å². The largest absolute Gasteiger partial charge is 0.496 e. The lowest BCUT2D eigenvalue weighted by Crippen LogP contribution is -2.33. The van der Waals surface area contributed by atoms with Crippen LogP contribution in [0.5, 0.6) is 28.7 Å². The monoisotopic (exact) mass is 489 g/mol. The summed E-state index contributed by atoms with van der Waals surface area (Å²) in [6.45, 7) is 2.07. The maximum absolute atomic E-state index is 14.0. The first kappa shape index (κ1) is 24.5. The van der Waals surface area contributed by atoms with Crippen LogP contribution in [0.25, 0.3) is 0 Å². The molecule has 1 aromatic heterocycles. The first-order valence-corrected chi connectivity index (χ1v) is 11.1. The molecule has 0 saturated carbocycles. The van der Waals surface area contributed by atoms with Gasteiger partial charge in [-0.3, -0.25) is 4.79 Å². The number of allylic oxidation sites excluding steroid dienone is 1. The van der Waals surface area contributed by atoms with Crippen molar-refractivity contribution in [3.63, 3.8) is 0 Å². The molecule has 1 atom stereocenters. The topological polar surface area (TPSA) is 118 Å². The number of fused-ring (bicyclic) bond motifs is 1. The molecule has 0 spiro atoms. The second kappa shape index (κ2) is 9.96. The van der Waals surface area contributed by atoms with Gasteiger partial charge in [0.15, 0.2) is 11.5 Å². The number of pyridine rings is 1. The van der Waals surface area contributed by atoms with E-state index in [-0.39, 0.29) is 34.9 Å². The molecule has 2 aromatic carbocycles. The van der Waals surface area contributed by atoms with Gasteiger partial charge in [0.05, 0.1) is 46.5 Å². The zero-order chi connectivity index (χ0) is 26.0. The fraction of sp³-hybridized carbons (Fsp3) is 0.259. The van der Waals surface area contributed by atoms with E-state index < -0.39 is 5.92 Å². The minimum Gasteiger partial charge on any atom is -0.496 e. The maximum Gasteiger partial charge on any atom is 0.259 e. The summed E-state index contributed by atoms with van der Waals surface area (Å²) >= 11 is 0. The lowest BCUT2D eigenvalue weighted by atomic mass is 9.83. The molecule has 2 heterocycles. The van der Waals surface area contributed by atoms with Crippen molar-refractivity contribution in [2.24, 2.45) is 5.73 Å². The third-order valence-electron chi connectivity index (χ3n) is 6.26. The number of hydrogen-bond donors (Lipinski definition) is 1. The van der Waals surface area contributed by atoms with Crippen LogP contribution in [-0.2, 0) is 6.54 Å². The van der Waals surface area contributed by atoms with Crippen molar-refractivity contribution in [2.45, 2.75) is 19.4 Å². The van der Waals surface area contributed by atoms with Crippen LogP contribution >= 0.6 is 0 Å². The molecule has 9 heteroatoms. The lowest BCUT2D eigenvalue weighted by molar-refractivity contribution is 0.321.